The van der Waals surface area contributed by atoms with Gasteiger partial charge in [0, 0.05) is 25.2 Å². The van der Waals surface area contributed by atoms with E-state index in [4.69, 9.17) is 0 Å². The van der Waals surface area contributed by atoms with Gasteiger partial charge in [-0.1, -0.05) is 13.8 Å². The number of nitrogens with one attached hydrogen (secondary N) is 2. The minimum Gasteiger partial charge on any atom is -0.354 e. The molecule has 0 fully saturated rings. The minimum absolute atomic E-state index is 0.00532. The lowest BCUT2D eigenvalue weighted by Gasteiger charge is -2.29. The number of rotatable bonds is 9. The Kier molecular flexibility index (Phi) is 6.65. The number of anilines is 3. The van der Waals surface area contributed by atoms with E-state index in [1.54, 1.807) is 0 Å². The molecule has 0 aliphatic carbocycles. The van der Waals surface area contributed by atoms with E-state index in [-0.39, 0.29) is 5.54 Å². The molecule has 0 saturated heterocycles. The second-order valence-electron chi connectivity index (χ2n) is 5.38. The third-order valence-corrected chi connectivity index (χ3v) is 3.98. The second kappa shape index (κ2) is 8.00. The Morgan fingerprint density at radius 1 is 0.905 bits per heavy atom. The predicted molar refractivity (Wildman–Crippen MR) is 90.2 cm³/mol. The lowest BCUT2D eigenvalue weighted by Crippen LogP contribution is -2.34. The summed E-state index contributed by atoms with van der Waals surface area (Å²) in [5.74, 6) is 2.00. The van der Waals surface area contributed by atoms with Gasteiger partial charge in [0.2, 0.25) is 17.8 Å². The van der Waals surface area contributed by atoms with Crippen LogP contribution in [-0.4, -0.2) is 40.1 Å². The van der Waals surface area contributed by atoms with Crippen molar-refractivity contribution in [1.29, 1.82) is 0 Å². The van der Waals surface area contributed by atoms with E-state index in [1.807, 2.05) is 6.92 Å². The molecule has 0 aliphatic rings. The van der Waals surface area contributed by atoms with E-state index in [2.05, 4.69) is 65.1 Å². The molecule has 0 aliphatic heterocycles. The number of nitrogens with zero attached hydrogens (tertiary/aromatic N) is 4. The molecule has 0 radical (unpaired) electrons. The van der Waals surface area contributed by atoms with Gasteiger partial charge in [0.25, 0.3) is 0 Å². The average Bonchev–Trinajstić information content (AvgIpc) is 2.48. The van der Waals surface area contributed by atoms with Crippen LogP contribution < -0.4 is 15.5 Å². The van der Waals surface area contributed by atoms with Gasteiger partial charge in [-0.3, -0.25) is 0 Å². The van der Waals surface area contributed by atoms with Gasteiger partial charge in [-0.25, -0.2) is 0 Å². The SMILES string of the molecule is CCNc1nc(NC(C)(CC)CC)nc(N(CC)CC)n1. The van der Waals surface area contributed by atoms with Gasteiger partial charge in [-0.2, -0.15) is 15.0 Å². The van der Waals surface area contributed by atoms with E-state index >= 15 is 0 Å². The van der Waals surface area contributed by atoms with Crippen LogP contribution in [0.2, 0.25) is 0 Å². The monoisotopic (exact) mass is 294 g/mol. The summed E-state index contributed by atoms with van der Waals surface area (Å²) in [6.07, 6.45) is 2.04. The maximum Gasteiger partial charge on any atom is 0.231 e. The molecular formula is C15H30N6. The second-order valence-corrected chi connectivity index (χ2v) is 5.38. The Hall–Kier alpha value is -1.59. The maximum absolute atomic E-state index is 4.59. The van der Waals surface area contributed by atoms with Crippen molar-refractivity contribution in [3.05, 3.63) is 0 Å². The van der Waals surface area contributed by atoms with Crippen molar-refractivity contribution in [3.8, 4) is 0 Å². The topological polar surface area (TPSA) is 66.0 Å². The van der Waals surface area contributed by atoms with Crippen molar-refractivity contribution in [3.63, 3.8) is 0 Å². The maximum atomic E-state index is 4.59. The zero-order chi connectivity index (χ0) is 15.9. The third-order valence-electron chi connectivity index (χ3n) is 3.98. The highest BCUT2D eigenvalue weighted by Gasteiger charge is 2.21. The summed E-state index contributed by atoms with van der Waals surface area (Å²) >= 11 is 0. The molecule has 1 rings (SSSR count). The molecule has 0 unspecified atom stereocenters. The number of aromatic nitrogens is 3. The van der Waals surface area contributed by atoms with Crippen LogP contribution >= 0.6 is 0 Å². The van der Waals surface area contributed by atoms with E-state index in [0.29, 0.717) is 11.9 Å². The Balaban J connectivity index is 3.12. The van der Waals surface area contributed by atoms with Gasteiger partial charge < -0.3 is 15.5 Å². The molecule has 0 aromatic carbocycles. The molecule has 120 valence electrons. The summed E-state index contributed by atoms with van der Waals surface area (Å²) in [6, 6.07) is 0. The highest BCUT2D eigenvalue weighted by Crippen LogP contribution is 2.21. The van der Waals surface area contributed by atoms with E-state index in [0.717, 1.165) is 38.4 Å². The Morgan fingerprint density at radius 3 is 1.95 bits per heavy atom. The van der Waals surface area contributed by atoms with Gasteiger partial charge in [0.05, 0.1) is 0 Å². The van der Waals surface area contributed by atoms with Gasteiger partial charge in [-0.15, -0.1) is 0 Å². The van der Waals surface area contributed by atoms with Crippen molar-refractivity contribution in [2.24, 2.45) is 0 Å². The van der Waals surface area contributed by atoms with Gasteiger partial charge in [0.15, 0.2) is 0 Å². The standard InChI is InChI=1S/C15H30N6/c1-7-15(6,8-2)20-13-17-12(16-9-3)18-14(19-13)21(10-4)11-5/h7-11H2,1-6H3,(H2,16,17,18,19,20). The van der Waals surface area contributed by atoms with Gasteiger partial charge in [0.1, 0.15) is 0 Å². The zero-order valence-electron chi connectivity index (χ0n) is 14.3. The van der Waals surface area contributed by atoms with Crippen LogP contribution in [0.15, 0.2) is 0 Å². The first-order chi connectivity index (χ1) is 10.0. The van der Waals surface area contributed by atoms with Crippen LogP contribution in [0, 0.1) is 0 Å². The van der Waals surface area contributed by atoms with Crippen LogP contribution in [0.5, 0.6) is 0 Å². The van der Waals surface area contributed by atoms with Crippen LogP contribution in [0.4, 0.5) is 17.8 Å². The van der Waals surface area contributed by atoms with Crippen LogP contribution in [0.1, 0.15) is 54.4 Å². The van der Waals surface area contributed by atoms with Crippen LogP contribution in [0.3, 0.4) is 0 Å². The smallest absolute Gasteiger partial charge is 0.231 e. The van der Waals surface area contributed by atoms with E-state index in [9.17, 15) is 0 Å². The summed E-state index contributed by atoms with van der Waals surface area (Å²) in [5, 5.41) is 6.65. The van der Waals surface area contributed by atoms with Crippen LogP contribution in [-0.2, 0) is 0 Å². The predicted octanol–water partition coefficient (Wildman–Crippen LogP) is 3.14. The molecule has 0 saturated carbocycles. The molecule has 0 atom stereocenters. The first-order valence-electron chi connectivity index (χ1n) is 8.04. The molecule has 1 heterocycles. The summed E-state index contributed by atoms with van der Waals surface area (Å²) in [7, 11) is 0. The first kappa shape index (κ1) is 17.5. The molecule has 0 bridgehead atoms. The summed E-state index contributed by atoms with van der Waals surface area (Å²) < 4.78 is 0. The molecule has 1 aromatic rings. The fraction of sp³-hybridized carbons (Fsp3) is 0.800. The van der Waals surface area contributed by atoms with Crippen molar-refractivity contribution in [2.45, 2.75) is 59.9 Å². The van der Waals surface area contributed by atoms with Gasteiger partial charge >= 0.3 is 0 Å². The highest BCUT2D eigenvalue weighted by atomic mass is 15.3. The summed E-state index contributed by atoms with van der Waals surface area (Å²) in [5.41, 5.74) is 0.00532. The Labute approximate surface area is 128 Å². The lowest BCUT2D eigenvalue weighted by molar-refractivity contribution is 0.474. The first-order valence-corrected chi connectivity index (χ1v) is 8.04. The largest absolute Gasteiger partial charge is 0.354 e. The average molecular weight is 294 g/mol. The molecule has 2 N–H and O–H groups in total. The Bertz CT molecular complexity index is 426. The molecule has 1 aromatic heterocycles. The molecular weight excluding hydrogens is 264 g/mol. The van der Waals surface area contributed by atoms with E-state index < -0.39 is 0 Å². The van der Waals surface area contributed by atoms with Crippen molar-refractivity contribution >= 4 is 17.8 Å². The van der Waals surface area contributed by atoms with E-state index in [1.165, 1.54) is 0 Å². The summed E-state index contributed by atoms with van der Waals surface area (Å²) in [6.45, 7) is 15.3. The minimum atomic E-state index is 0.00532. The number of hydrogen-bond acceptors (Lipinski definition) is 6. The number of hydrogen-bond donors (Lipinski definition) is 2. The quantitative estimate of drug-likeness (QED) is 0.729. The van der Waals surface area contributed by atoms with Gasteiger partial charge in [-0.05, 0) is 40.5 Å². The lowest BCUT2D eigenvalue weighted by atomic mass is 9.96. The summed E-state index contributed by atoms with van der Waals surface area (Å²) in [4.78, 5) is 15.7. The highest BCUT2D eigenvalue weighted by molar-refractivity contribution is 5.44. The fourth-order valence-electron chi connectivity index (χ4n) is 2.00. The third kappa shape index (κ3) is 4.72. The molecule has 0 amide bonds. The normalized spacial score (nSPS) is 11.3. The fourth-order valence-corrected chi connectivity index (χ4v) is 2.00. The van der Waals surface area contributed by atoms with Crippen molar-refractivity contribution in [1.82, 2.24) is 15.0 Å². The molecule has 6 nitrogen and oxygen atoms in total. The molecule has 6 heteroatoms. The molecule has 21 heavy (non-hydrogen) atoms. The van der Waals surface area contributed by atoms with Crippen LogP contribution in [0.25, 0.3) is 0 Å². The Morgan fingerprint density at radius 2 is 1.48 bits per heavy atom. The van der Waals surface area contributed by atoms with Crippen molar-refractivity contribution < 1.29 is 0 Å². The zero-order valence-corrected chi connectivity index (χ0v) is 14.3. The van der Waals surface area contributed by atoms with Crippen molar-refractivity contribution in [2.75, 3.05) is 35.2 Å². The molecule has 0 spiro atoms.